The van der Waals surface area contributed by atoms with E-state index in [0.29, 0.717) is 29.6 Å². The van der Waals surface area contributed by atoms with Crippen LogP contribution in [0, 0.1) is 13.8 Å². The fourth-order valence-electron chi connectivity index (χ4n) is 2.51. The van der Waals surface area contributed by atoms with Crippen LogP contribution in [0.4, 0.5) is 5.82 Å². The molecule has 3 aromatic rings. The van der Waals surface area contributed by atoms with Crippen molar-refractivity contribution in [1.82, 2.24) is 15.2 Å². The van der Waals surface area contributed by atoms with Crippen LogP contribution in [-0.2, 0) is 6.61 Å². The van der Waals surface area contributed by atoms with Gasteiger partial charge in [-0.25, -0.2) is 9.89 Å². The van der Waals surface area contributed by atoms with Crippen LogP contribution in [0.15, 0.2) is 52.4 Å². The van der Waals surface area contributed by atoms with Gasteiger partial charge in [-0.15, -0.1) is 0 Å². The summed E-state index contributed by atoms with van der Waals surface area (Å²) in [6.45, 7) is 4.21. The van der Waals surface area contributed by atoms with E-state index in [9.17, 15) is 4.79 Å². The molecule has 0 atom stereocenters. The van der Waals surface area contributed by atoms with Crippen molar-refractivity contribution in [3.05, 3.63) is 75.3 Å². The zero-order valence-electron chi connectivity index (χ0n) is 15.9. The number of nitrogens with one attached hydrogen (secondary N) is 2. The maximum atomic E-state index is 11.2. The summed E-state index contributed by atoms with van der Waals surface area (Å²) in [5, 5.41) is 10.2. The predicted molar refractivity (Wildman–Crippen MR) is 107 cm³/mol. The van der Waals surface area contributed by atoms with Crippen molar-refractivity contribution in [1.29, 1.82) is 0 Å². The van der Waals surface area contributed by atoms with E-state index in [1.54, 1.807) is 20.2 Å². The van der Waals surface area contributed by atoms with Gasteiger partial charge >= 0.3 is 5.69 Å². The quantitative estimate of drug-likeness (QED) is 0.483. The molecule has 8 nitrogen and oxygen atoms in total. The first-order chi connectivity index (χ1) is 13.5. The minimum Gasteiger partial charge on any atom is -0.493 e. The number of H-pyrrole nitrogens is 1. The molecule has 2 N–H and O–H groups in total. The minimum atomic E-state index is -0.542. The molecule has 0 bridgehead atoms. The number of anilines is 1. The smallest absolute Gasteiger partial charge is 0.363 e. The predicted octanol–water partition coefficient (Wildman–Crippen LogP) is 2.82. The number of methoxy groups -OCH3 is 1. The Labute approximate surface area is 162 Å². The SMILES string of the molecule is COc1cc(C=NNc2nc(=O)[nH]nc2C)ccc1OCc1cccc(C)c1. The summed E-state index contributed by atoms with van der Waals surface area (Å²) in [5.74, 6) is 1.54. The Morgan fingerprint density at radius 1 is 1.18 bits per heavy atom. The van der Waals surface area contributed by atoms with Crippen LogP contribution < -0.4 is 20.6 Å². The number of hydrazone groups is 1. The minimum absolute atomic E-state index is 0.296. The van der Waals surface area contributed by atoms with Gasteiger partial charge in [0.15, 0.2) is 17.3 Å². The molecule has 8 heteroatoms. The molecule has 0 fully saturated rings. The van der Waals surface area contributed by atoms with Gasteiger partial charge in [-0.05, 0) is 43.2 Å². The Bertz CT molecular complexity index is 1050. The van der Waals surface area contributed by atoms with E-state index < -0.39 is 5.69 Å². The van der Waals surface area contributed by atoms with Crippen LogP contribution in [0.3, 0.4) is 0 Å². The first-order valence-electron chi connectivity index (χ1n) is 8.64. The fraction of sp³-hybridized carbons (Fsp3) is 0.200. The lowest BCUT2D eigenvalue weighted by atomic mass is 10.1. The molecule has 144 valence electrons. The van der Waals surface area contributed by atoms with E-state index in [-0.39, 0.29) is 0 Å². The standard InChI is InChI=1S/C20H21N5O3/c1-13-5-4-6-16(9-13)12-28-17-8-7-15(10-18(17)27-3)11-21-24-19-14(2)23-25-20(26)22-19/h4-11H,12H2,1-3H3,(H2,22,24,25,26). The van der Waals surface area contributed by atoms with Crippen LogP contribution >= 0.6 is 0 Å². The molecule has 1 heterocycles. The van der Waals surface area contributed by atoms with Crippen LogP contribution in [0.5, 0.6) is 11.5 Å². The second-order valence-corrected chi connectivity index (χ2v) is 6.13. The highest BCUT2D eigenvalue weighted by atomic mass is 16.5. The molecule has 0 aliphatic rings. The van der Waals surface area contributed by atoms with Crippen molar-refractivity contribution in [2.75, 3.05) is 12.5 Å². The Morgan fingerprint density at radius 3 is 2.82 bits per heavy atom. The zero-order valence-corrected chi connectivity index (χ0v) is 15.9. The molecule has 0 amide bonds. The summed E-state index contributed by atoms with van der Waals surface area (Å²) in [6, 6.07) is 13.6. The second kappa shape index (κ2) is 8.81. The first-order valence-corrected chi connectivity index (χ1v) is 8.64. The first kappa shape index (κ1) is 19.1. The highest BCUT2D eigenvalue weighted by Gasteiger charge is 2.06. The number of ether oxygens (including phenoxy) is 2. The van der Waals surface area contributed by atoms with Crippen molar-refractivity contribution in [3.8, 4) is 11.5 Å². The molecule has 0 aliphatic heterocycles. The summed E-state index contributed by atoms with van der Waals surface area (Å²) in [7, 11) is 1.59. The van der Waals surface area contributed by atoms with E-state index in [0.717, 1.165) is 11.1 Å². The largest absolute Gasteiger partial charge is 0.493 e. The van der Waals surface area contributed by atoms with E-state index in [4.69, 9.17) is 9.47 Å². The molecule has 0 saturated heterocycles. The Hall–Kier alpha value is -3.68. The molecule has 28 heavy (non-hydrogen) atoms. The van der Waals surface area contributed by atoms with E-state index in [1.807, 2.05) is 43.3 Å². The van der Waals surface area contributed by atoms with Gasteiger partial charge in [-0.3, -0.25) is 5.43 Å². The van der Waals surface area contributed by atoms with Gasteiger partial charge in [-0.2, -0.15) is 15.2 Å². The van der Waals surface area contributed by atoms with Gasteiger partial charge in [-0.1, -0.05) is 29.8 Å². The third-order valence-corrected chi connectivity index (χ3v) is 3.92. The lowest BCUT2D eigenvalue weighted by Gasteiger charge is -2.11. The maximum absolute atomic E-state index is 11.2. The number of aromatic nitrogens is 3. The van der Waals surface area contributed by atoms with Crippen LogP contribution in [0.1, 0.15) is 22.4 Å². The van der Waals surface area contributed by atoms with E-state index >= 15 is 0 Å². The van der Waals surface area contributed by atoms with Crippen molar-refractivity contribution in [2.45, 2.75) is 20.5 Å². The fourth-order valence-corrected chi connectivity index (χ4v) is 2.51. The number of hydrogen-bond donors (Lipinski definition) is 2. The maximum Gasteiger partial charge on any atom is 0.363 e. The zero-order chi connectivity index (χ0) is 19.9. The van der Waals surface area contributed by atoms with Crippen molar-refractivity contribution in [3.63, 3.8) is 0 Å². The molecule has 1 aromatic heterocycles. The summed E-state index contributed by atoms with van der Waals surface area (Å²) in [4.78, 5) is 15.0. The number of aryl methyl sites for hydroxylation is 2. The molecule has 0 saturated carbocycles. The monoisotopic (exact) mass is 379 g/mol. The summed E-state index contributed by atoms with van der Waals surface area (Å²) in [5.41, 5.74) is 5.78. The molecule has 2 aromatic carbocycles. The molecule has 0 radical (unpaired) electrons. The molecule has 3 rings (SSSR count). The van der Waals surface area contributed by atoms with Gasteiger partial charge in [0.2, 0.25) is 0 Å². The Morgan fingerprint density at radius 2 is 2.04 bits per heavy atom. The van der Waals surface area contributed by atoms with Crippen LogP contribution in [-0.4, -0.2) is 28.5 Å². The topological polar surface area (TPSA) is 101 Å². The summed E-state index contributed by atoms with van der Waals surface area (Å²) in [6.07, 6.45) is 1.59. The van der Waals surface area contributed by atoms with Crippen molar-refractivity contribution in [2.24, 2.45) is 5.10 Å². The number of nitrogens with zero attached hydrogens (tertiary/aromatic N) is 3. The third-order valence-electron chi connectivity index (χ3n) is 3.92. The third kappa shape index (κ3) is 4.94. The van der Waals surface area contributed by atoms with E-state index in [2.05, 4.69) is 31.8 Å². The average molecular weight is 379 g/mol. The van der Waals surface area contributed by atoms with Gasteiger partial charge in [0.05, 0.1) is 13.3 Å². The normalized spacial score (nSPS) is 10.8. The average Bonchev–Trinajstić information content (AvgIpc) is 2.69. The van der Waals surface area contributed by atoms with Gasteiger partial charge in [0.25, 0.3) is 0 Å². The highest BCUT2D eigenvalue weighted by molar-refractivity contribution is 5.81. The molecule has 0 unspecified atom stereocenters. The van der Waals surface area contributed by atoms with Crippen LogP contribution in [0.25, 0.3) is 0 Å². The van der Waals surface area contributed by atoms with Crippen LogP contribution in [0.2, 0.25) is 0 Å². The van der Waals surface area contributed by atoms with Gasteiger partial charge in [0.1, 0.15) is 12.3 Å². The van der Waals surface area contributed by atoms with Crippen molar-refractivity contribution >= 4 is 12.0 Å². The molecular weight excluding hydrogens is 358 g/mol. The molecular formula is C20H21N5O3. The second-order valence-electron chi connectivity index (χ2n) is 6.13. The lowest BCUT2D eigenvalue weighted by molar-refractivity contribution is 0.284. The van der Waals surface area contributed by atoms with Gasteiger partial charge < -0.3 is 9.47 Å². The number of aromatic amines is 1. The summed E-state index contributed by atoms with van der Waals surface area (Å²) < 4.78 is 11.3. The number of hydrogen-bond acceptors (Lipinski definition) is 7. The number of benzene rings is 2. The number of rotatable bonds is 7. The highest BCUT2D eigenvalue weighted by Crippen LogP contribution is 2.28. The molecule has 0 aliphatic carbocycles. The Kier molecular flexibility index (Phi) is 6.01. The molecule has 0 spiro atoms. The van der Waals surface area contributed by atoms with Gasteiger partial charge in [0, 0.05) is 0 Å². The van der Waals surface area contributed by atoms with Crippen molar-refractivity contribution < 1.29 is 9.47 Å². The van der Waals surface area contributed by atoms with E-state index in [1.165, 1.54) is 5.56 Å². The summed E-state index contributed by atoms with van der Waals surface area (Å²) >= 11 is 0. The Balaban J connectivity index is 1.68. The lowest BCUT2D eigenvalue weighted by Crippen LogP contribution is -2.15.